The molecule has 1 saturated heterocycles. The molecule has 1 aromatic heterocycles. The number of hydrogen-bond acceptors (Lipinski definition) is 5. The number of furan rings is 1. The van der Waals surface area contributed by atoms with Gasteiger partial charge in [-0.05, 0) is 60.5 Å². The van der Waals surface area contributed by atoms with E-state index in [2.05, 4.69) is 16.3 Å². The van der Waals surface area contributed by atoms with Gasteiger partial charge >= 0.3 is 0 Å². The lowest BCUT2D eigenvalue weighted by Gasteiger charge is -2.24. The lowest BCUT2D eigenvalue weighted by atomic mass is 10.1. The van der Waals surface area contributed by atoms with Crippen LogP contribution in [0.5, 0.6) is 0 Å². The van der Waals surface area contributed by atoms with Gasteiger partial charge in [0.25, 0.3) is 5.91 Å². The molecule has 3 aromatic carbocycles. The Morgan fingerprint density at radius 1 is 0.917 bits per heavy atom. The number of hydrogen-bond donors (Lipinski definition) is 1. The number of carbonyl (C=O) groups excluding carboxylic acids is 2. The molecular weight excluding hydrogens is 452 g/mol. The van der Waals surface area contributed by atoms with Crippen LogP contribution in [0, 0.1) is 11.3 Å². The smallest absolute Gasteiger partial charge is 0.291 e. The summed E-state index contributed by atoms with van der Waals surface area (Å²) in [5.41, 5.74) is 3.93. The molecule has 0 aliphatic carbocycles. The molecule has 0 saturated carbocycles. The first kappa shape index (κ1) is 23.2. The highest BCUT2D eigenvalue weighted by molar-refractivity contribution is 6.04. The van der Waals surface area contributed by atoms with Gasteiger partial charge in [0.2, 0.25) is 5.91 Å². The molecule has 36 heavy (non-hydrogen) atoms. The van der Waals surface area contributed by atoms with E-state index in [1.165, 1.54) is 0 Å². The molecule has 0 radical (unpaired) electrons. The lowest BCUT2D eigenvalue weighted by molar-refractivity contribution is -0.130. The van der Waals surface area contributed by atoms with E-state index in [1.54, 1.807) is 18.2 Å². The Labute approximate surface area is 209 Å². The van der Waals surface area contributed by atoms with Crippen molar-refractivity contribution in [2.45, 2.75) is 12.8 Å². The summed E-state index contributed by atoms with van der Waals surface area (Å²) < 4.78 is 5.62. The van der Waals surface area contributed by atoms with E-state index in [0.717, 1.165) is 42.7 Å². The molecule has 180 valence electrons. The van der Waals surface area contributed by atoms with Crippen molar-refractivity contribution >= 4 is 34.2 Å². The molecule has 1 fully saturated rings. The molecular formula is C29H26N4O3. The summed E-state index contributed by atoms with van der Waals surface area (Å²) in [6, 6.07) is 26.3. The van der Waals surface area contributed by atoms with E-state index in [-0.39, 0.29) is 17.6 Å². The first-order valence-electron chi connectivity index (χ1n) is 12.0. The van der Waals surface area contributed by atoms with Crippen LogP contribution in [0.3, 0.4) is 0 Å². The molecule has 1 N–H and O–H groups in total. The minimum absolute atomic E-state index is 0.0933. The molecule has 7 heteroatoms. The van der Waals surface area contributed by atoms with Gasteiger partial charge in [0, 0.05) is 42.9 Å². The van der Waals surface area contributed by atoms with Crippen LogP contribution in [0.1, 0.15) is 28.1 Å². The maximum atomic E-state index is 13.0. The van der Waals surface area contributed by atoms with Gasteiger partial charge in [0.05, 0.1) is 18.1 Å². The SMILES string of the molecule is N#Cc1ccc(N2CCCN(C(=O)Cc3ccc(NC(=O)c4cc5ccccc5o4)cc3)CC2)cc1. The Bertz CT molecular complexity index is 1380. The highest BCUT2D eigenvalue weighted by Gasteiger charge is 2.20. The number of fused-ring (bicyclic) bond motifs is 1. The van der Waals surface area contributed by atoms with Crippen molar-refractivity contribution in [3.8, 4) is 6.07 Å². The number of para-hydroxylation sites is 1. The summed E-state index contributed by atoms with van der Waals surface area (Å²) in [5, 5.41) is 12.7. The first-order chi connectivity index (χ1) is 17.6. The Morgan fingerprint density at radius 3 is 2.44 bits per heavy atom. The zero-order valence-corrected chi connectivity index (χ0v) is 19.8. The van der Waals surface area contributed by atoms with E-state index in [0.29, 0.717) is 29.8 Å². The molecule has 7 nitrogen and oxygen atoms in total. The summed E-state index contributed by atoms with van der Waals surface area (Å²) in [5.74, 6) is 0.0359. The van der Waals surface area contributed by atoms with Gasteiger partial charge in [0.15, 0.2) is 5.76 Å². The molecule has 4 aromatic rings. The highest BCUT2D eigenvalue weighted by atomic mass is 16.3. The molecule has 1 aliphatic heterocycles. The number of nitrogens with zero attached hydrogens (tertiary/aromatic N) is 3. The Hall–Kier alpha value is -4.57. The standard InChI is InChI=1S/C29H26N4O3/c30-20-22-8-12-25(13-9-22)32-14-3-15-33(17-16-32)28(34)18-21-6-10-24(11-7-21)31-29(35)27-19-23-4-1-2-5-26(23)36-27/h1-2,4-13,19H,3,14-18H2,(H,31,35). The van der Waals surface area contributed by atoms with Crippen molar-refractivity contribution in [2.24, 2.45) is 0 Å². The van der Waals surface area contributed by atoms with E-state index in [4.69, 9.17) is 9.68 Å². The number of anilines is 2. The topological polar surface area (TPSA) is 89.6 Å². The van der Waals surface area contributed by atoms with Crippen molar-refractivity contribution < 1.29 is 14.0 Å². The van der Waals surface area contributed by atoms with Gasteiger partial charge in [-0.3, -0.25) is 9.59 Å². The summed E-state index contributed by atoms with van der Waals surface area (Å²) >= 11 is 0. The van der Waals surface area contributed by atoms with Crippen molar-refractivity contribution in [1.82, 2.24) is 4.90 Å². The quantitative estimate of drug-likeness (QED) is 0.443. The van der Waals surface area contributed by atoms with Crippen LogP contribution in [-0.4, -0.2) is 42.9 Å². The van der Waals surface area contributed by atoms with Crippen molar-refractivity contribution in [2.75, 3.05) is 36.4 Å². The molecule has 2 heterocycles. The zero-order valence-electron chi connectivity index (χ0n) is 19.8. The largest absolute Gasteiger partial charge is 0.451 e. The number of amides is 2. The van der Waals surface area contributed by atoms with Crippen LogP contribution < -0.4 is 10.2 Å². The van der Waals surface area contributed by atoms with Crippen LogP contribution in [0.15, 0.2) is 83.3 Å². The van der Waals surface area contributed by atoms with Gasteiger partial charge in [-0.15, -0.1) is 0 Å². The van der Waals surface area contributed by atoms with Crippen molar-refractivity contribution in [3.63, 3.8) is 0 Å². The predicted octanol–water partition coefficient (Wildman–Crippen LogP) is 4.84. The molecule has 0 bridgehead atoms. The van der Waals surface area contributed by atoms with Gasteiger partial charge < -0.3 is 19.5 Å². The summed E-state index contributed by atoms with van der Waals surface area (Å²) in [6.45, 7) is 3.00. The molecule has 0 unspecified atom stereocenters. The van der Waals surface area contributed by atoms with Crippen LogP contribution in [0.4, 0.5) is 11.4 Å². The average Bonchev–Trinajstić information content (AvgIpc) is 3.20. The summed E-state index contributed by atoms with van der Waals surface area (Å²) in [4.78, 5) is 29.7. The first-order valence-corrected chi connectivity index (χ1v) is 12.0. The van der Waals surface area contributed by atoms with E-state index < -0.39 is 0 Å². The van der Waals surface area contributed by atoms with Crippen LogP contribution in [0.25, 0.3) is 11.0 Å². The maximum Gasteiger partial charge on any atom is 0.291 e. The molecule has 2 amide bonds. The van der Waals surface area contributed by atoms with Crippen LogP contribution in [-0.2, 0) is 11.2 Å². The lowest BCUT2D eigenvalue weighted by Crippen LogP contribution is -2.36. The van der Waals surface area contributed by atoms with E-state index in [9.17, 15) is 9.59 Å². The van der Waals surface area contributed by atoms with Crippen molar-refractivity contribution in [3.05, 3.63) is 95.7 Å². The highest BCUT2D eigenvalue weighted by Crippen LogP contribution is 2.21. The van der Waals surface area contributed by atoms with E-state index >= 15 is 0 Å². The third-order valence-electron chi connectivity index (χ3n) is 6.43. The Morgan fingerprint density at radius 2 is 1.69 bits per heavy atom. The fourth-order valence-electron chi connectivity index (χ4n) is 4.45. The zero-order chi connectivity index (χ0) is 24.9. The van der Waals surface area contributed by atoms with Crippen LogP contribution >= 0.6 is 0 Å². The minimum atomic E-state index is -0.314. The van der Waals surface area contributed by atoms with E-state index in [1.807, 2.05) is 65.6 Å². The second-order valence-electron chi connectivity index (χ2n) is 8.86. The summed E-state index contributed by atoms with van der Waals surface area (Å²) in [6.07, 6.45) is 1.20. The summed E-state index contributed by atoms with van der Waals surface area (Å²) in [7, 11) is 0. The Balaban J connectivity index is 1.15. The number of nitrogens with one attached hydrogen (secondary N) is 1. The second-order valence-corrected chi connectivity index (χ2v) is 8.86. The number of benzene rings is 3. The third-order valence-corrected chi connectivity index (χ3v) is 6.43. The minimum Gasteiger partial charge on any atom is -0.451 e. The van der Waals surface area contributed by atoms with Crippen LogP contribution in [0.2, 0.25) is 0 Å². The molecule has 5 rings (SSSR count). The molecule has 1 aliphatic rings. The molecule has 0 spiro atoms. The number of nitriles is 1. The van der Waals surface area contributed by atoms with Gasteiger partial charge in [-0.1, -0.05) is 30.3 Å². The van der Waals surface area contributed by atoms with Crippen molar-refractivity contribution in [1.29, 1.82) is 5.26 Å². The second kappa shape index (κ2) is 10.4. The maximum absolute atomic E-state index is 13.0. The number of carbonyl (C=O) groups is 2. The Kier molecular flexibility index (Phi) is 6.67. The third kappa shape index (κ3) is 5.23. The van der Waals surface area contributed by atoms with Gasteiger partial charge in [-0.2, -0.15) is 5.26 Å². The fourth-order valence-corrected chi connectivity index (χ4v) is 4.45. The monoisotopic (exact) mass is 478 g/mol. The fraction of sp³-hybridized carbons (Fsp3) is 0.207. The van der Waals surface area contributed by atoms with Gasteiger partial charge in [-0.25, -0.2) is 0 Å². The normalized spacial score (nSPS) is 13.8. The van der Waals surface area contributed by atoms with Gasteiger partial charge in [0.1, 0.15) is 5.58 Å². The number of rotatable bonds is 5. The predicted molar refractivity (Wildman–Crippen MR) is 139 cm³/mol. The molecule has 0 atom stereocenters. The average molecular weight is 479 g/mol.